The Morgan fingerprint density at radius 1 is 1.73 bits per heavy atom. The van der Waals surface area contributed by atoms with E-state index >= 15 is 0 Å². The summed E-state index contributed by atoms with van der Waals surface area (Å²) < 4.78 is 0. The maximum absolute atomic E-state index is 7.39. The third kappa shape index (κ3) is 3.99. The summed E-state index contributed by atoms with van der Waals surface area (Å²) >= 11 is 5.59. The molecule has 0 heterocycles. The fraction of sp³-hybridized carbons (Fsp3) is 0.143. The van der Waals surface area contributed by atoms with E-state index in [1.54, 1.807) is 13.9 Å². The molecule has 0 aromatic rings. The Kier molecular flexibility index (Phi) is 4.12. The molecule has 0 aromatic heterocycles. The van der Waals surface area contributed by atoms with E-state index in [-0.39, 0.29) is 0 Å². The Hall–Kier alpha value is -0.560. The van der Waals surface area contributed by atoms with Crippen LogP contribution < -0.4 is 0 Å². The molecule has 0 saturated heterocycles. The first kappa shape index (κ1) is 10.4. The van der Waals surface area contributed by atoms with Crippen molar-refractivity contribution in [2.75, 3.05) is 0 Å². The van der Waals surface area contributed by atoms with Crippen LogP contribution >= 0.6 is 11.6 Å². The number of nitrogens with one attached hydrogen (secondary N) is 1. The molecule has 0 aliphatic carbocycles. The van der Waals surface area contributed by atoms with Gasteiger partial charge >= 0.3 is 73.6 Å². The van der Waals surface area contributed by atoms with E-state index < -0.39 is 0 Å². The normalized spacial score (nSPS) is 10.8. The fourth-order valence-electron chi connectivity index (χ4n) is 0.418. The second kappa shape index (κ2) is 4.35. The summed E-state index contributed by atoms with van der Waals surface area (Å²) in [6.45, 7) is 5.35. The molecule has 0 atom stereocenters. The summed E-state index contributed by atoms with van der Waals surface area (Å²) in [6.07, 6.45) is 1.65. The molecule has 0 amide bonds. The molecule has 0 aromatic carbocycles. The van der Waals surface area contributed by atoms with Crippen LogP contribution in [0.25, 0.3) is 0 Å². The Bertz CT molecular complexity index is 243. The van der Waals surface area contributed by atoms with Crippen molar-refractivity contribution in [1.29, 1.82) is 5.41 Å². The number of allylic oxidation sites excluding steroid dienone is 3. The molecular weight excluding hydrogens is 155 g/mol. The molecular formula is C7H10B2ClN. The summed E-state index contributed by atoms with van der Waals surface area (Å²) in [5.41, 5.74) is 1.20. The Morgan fingerprint density at radius 3 is 2.45 bits per heavy atom. The molecule has 0 radical (unpaired) electrons. The summed E-state index contributed by atoms with van der Waals surface area (Å²) in [5, 5.41) is 8.58. The maximum atomic E-state index is 7.39. The van der Waals surface area contributed by atoms with Crippen LogP contribution in [0.5, 0.6) is 0 Å². The van der Waals surface area contributed by atoms with Gasteiger partial charge in [0.1, 0.15) is 0 Å². The van der Waals surface area contributed by atoms with Crippen LogP contribution in [0.1, 0.15) is 6.92 Å². The van der Waals surface area contributed by atoms with Gasteiger partial charge in [0.2, 0.25) is 0 Å². The predicted octanol–water partition coefficient (Wildman–Crippen LogP) is 0.369. The standard InChI is InChI=1S/C7H10B2ClN/c1-4(5(2)10)3-6(11)7(8)9/h3,8,11H,2,9H2,1H3/b4-3+,11-6?. The Labute approximate surface area is 74.1 Å². The monoisotopic (exact) mass is 165 g/mol. The zero-order valence-corrected chi connectivity index (χ0v) is 7.63. The molecule has 0 bridgehead atoms. The molecule has 0 saturated carbocycles. The molecule has 0 rings (SSSR count). The van der Waals surface area contributed by atoms with Gasteiger partial charge in [0, 0.05) is 0 Å². The minimum absolute atomic E-state index is 0.393. The quantitative estimate of drug-likeness (QED) is 0.355. The van der Waals surface area contributed by atoms with Crippen LogP contribution in [-0.4, -0.2) is 26.4 Å². The number of hydrogen-bond acceptors (Lipinski definition) is 1. The van der Waals surface area contributed by atoms with E-state index in [0.717, 1.165) is 10.9 Å². The Morgan fingerprint density at radius 2 is 2.18 bits per heavy atom. The van der Waals surface area contributed by atoms with Crippen LogP contribution in [0.15, 0.2) is 23.3 Å². The van der Waals surface area contributed by atoms with E-state index in [1.807, 2.05) is 6.92 Å². The van der Waals surface area contributed by atoms with Crippen molar-refractivity contribution in [2.24, 2.45) is 0 Å². The molecule has 0 spiro atoms. The van der Waals surface area contributed by atoms with E-state index in [2.05, 4.69) is 14.1 Å². The Balaban J connectivity index is 4.44. The van der Waals surface area contributed by atoms with Gasteiger partial charge in [-0.1, -0.05) is 0 Å². The second-order valence-corrected chi connectivity index (χ2v) is 2.88. The molecule has 0 aliphatic heterocycles. The van der Waals surface area contributed by atoms with Crippen molar-refractivity contribution >= 4 is 38.0 Å². The van der Waals surface area contributed by atoms with Gasteiger partial charge in [0.25, 0.3) is 0 Å². The van der Waals surface area contributed by atoms with Gasteiger partial charge in [0.15, 0.2) is 0 Å². The van der Waals surface area contributed by atoms with Gasteiger partial charge in [-0.05, 0) is 0 Å². The summed E-state index contributed by atoms with van der Waals surface area (Å²) in [5.74, 6) is 0. The van der Waals surface area contributed by atoms with Crippen molar-refractivity contribution in [3.63, 3.8) is 0 Å². The van der Waals surface area contributed by atoms with Crippen LogP contribution in [0.2, 0.25) is 0 Å². The molecule has 0 aliphatic rings. The molecule has 0 fully saturated rings. The van der Waals surface area contributed by atoms with Crippen LogP contribution in [0.3, 0.4) is 0 Å². The number of rotatable bonds is 3. The second-order valence-electron chi connectivity index (χ2n) is 2.43. The molecule has 11 heavy (non-hydrogen) atoms. The summed E-state index contributed by atoms with van der Waals surface area (Å²) in [4.78, 5) is 0. The van der Waals surface area contributed by atoms with E-state index in [1.165, 1.54) is 0 Å². The van der Waals surface area contributed by atoms with Crippen molar-refractivity contribution in [3.8, 4) is 0 Å². The van der Waals surface area contributed by atoms with Crippen LogP contribution in [-0.2, 0) is 0 Å². The number of hydrogen-bond donors (Lipinski definition) is 1. The van der Waals surface area contributed by atoms with Gasteiger partial charge in [-0.2, -0.15) is 0 Å². The molecule has 1 nitrogen and oxygen atoms in total. The van der Waals surface area contributed by atoms with Gasteiger partial charge in [-0.15, -0.1) is 0 Å². The minimum atomic E-state index is 0.393. The van der Waals surface area contributed by atoms with Crippen molar-refractivity contribution in [2.45, 2.75) is 6.92 Å². The first-order valence-electron chi connectivity index (χ1n) is 3.22. The summed E-state index contributed by atoms with van der Waals surface area (Å²) in [6, 6.07) is 0. The molecule has 1 N–H and O–H groups in total. The topological polar surface area (TPSA) is 23.9 Å². The van der Waals surface area contributed by atoms with Crippen molar-refractivity contribution in [1.82, 2.24) is 0 Å². The van der Waals surface area contributed by atoms with Gasteiger partial charge in [-0.25, -0.2) is 0 Å². The zero-order chi connectivity index (χ0) is 9.02. The fourth-order valence-corrected chi connectivity index (χ4v) is 0.473. The first-order valence-corrected chi connectivity index (χ1v) is 3.60. The third-order valence-electron chi connectivity index (χ3n) is 1.25. The zero-order valence-electron chi connectivity index (χ0n) is 6.87. The molecule has 4 heteroatoms. The van der Waals surface area contributed by atoms with E-state index in [0.29, 0.717) is 10.7 Å². The third-order valence-corrected chi connectivity index (χ3v) is 1.55. The predicted molar refractivity (Wildman–Crippen MR) is 57.2 cm³/mol. The summed E-state index contributed by atoms with van der Waals surface area (Å²) in [7, 11) is 5.41. The molecule has 56 valence electrons. The van der Waals surface area contributed by atoms with Crippen molar-refractivity contribution < 1.29 is 0 Å². The van der Waals surface area contributed by atoms with E-state index in [4.69, 9.17) is 17.0 Å². The van der Waals surface area contributed by atoms with Crippen molar-refractivity contribution in [3.05, 3.63) is 23.3 Å². The first-order chi connectivity index (χ1) is 4.95. The SMILES string of the molecule is B=C(B)C(=N)/C=C(\C)C(=C)Cl. The van der Waals surface area contributed by atoms with E-state index in [9.17, 15) is 0 Å². The van der Waals surface area contributed by atoms with Crippen LogP contribution in [0.4, 0.5) is 0 Å². The average molecular weight is 165 g/mol. The van der Waals surface area contributed by atoms with Gasteiger partial charge in [-0.3, -0.25) is 0 Å². The van der Waals surface area contributed by atoms with Gasteiger partial charge in [0.05, 0.1) is 0 Å². The van der Waals surface area contributed by atoms with Crippen LogP contribution in [0, 0.1) is 5.41 Å². The van der Waals surface area contributed by atoms with Gasteiger partial charge < -0.3 is 0 Å². The molecule has 0 unspecified atom stereocenters. The average Bonchev–Trinajstić information content (AvgIpc) is 1.87. The number of halogens is 1.